The number of allylic oxidation sites excluding steroid dienone is 4. The number of Topliss-reactive ketones (excluding diaryl/α,β-unsaturated/α-hetero) is 1. The van der Waals surface area contributed by atoms with Crippen LogP contribution in [0.2, 0.25) is 0 Å². The van der Waals surface area contributed by atoms with E-state index < -0.39 is 12.1 Å². The Morgan fingerprint density at radius 2 is 0.769 bits per heavy atom. The summed E-state index contributed by atoms with van der Waals surface area (Å²) in [4.78, 5) is 22.0. The van der Waals surface area contributed by atoms with Gasteiger partial charge < -0.3 is 34.3 Å². The molecule has 0 aliphatic rings. The summed E-state index contributed by atoms with van der Waals surface area (Å²) < 4.78 is 28.0. The molecule has 388 valence electrons. The van der Waals surface area contributed by atoms with Gasteiger partial charge >= 0.3 is 5.97 Å². The van der Waals surface area contributed by atoms with Gasteiger partial charge in [0.1, 0.15) is 19.3 Å². The fourth-order valence-corrected chi connectivity index (χ4v) is 7.13. The molecule has 0 heterocycles. The molecule has 0 saturated carbocycles. The minimum absolute atomic E-state index is 0.0277. The third-order valence-electron chi connectivity index (χ3n) is 11.1. The number of ketones is 1. The molecule has 0 aliphatic carbocycles. The number of aliphatic carboxylic acids is 1. The van der Waals surface area contributed by atoms with Gasteiger partial charge in [-0.25, -0.2) is 0 Å². The molecule has 10 heteroatoms. The maximum absolute atomic E-state index is 11.7. The van der Waals surface area contributed by atoms with Crippen LogP contribution in [-0.4, -0.2) is 101 Å². The summed E-state index contributed by atoms with van der Waals surface area (Å²) in [6.07, 6.45) is 51.8. The zero-order chi connectivity index (χ0) is 48.9. The van der Waals surface area contributed by atoms with Gasteiger partial charge in [-0.2, -0.15) is 0 Å². The standard InChI is InChI=1S/C27H50O5.C27H54O4.CH5P/c1-2-3-4-5-6-7-8-9-10-11-12-13-14-15-16-19-22-31-24-26(28)25-32-23-20-17-18-21-27(29)30;1-2-3-4-5-6-7-8-9-10-11-12-13-14-15-17-20-23-30-25-27(29)26-31-24-21-18-16-19-22-28;1-2/h9-10H,2-8,11-25H2,1H3,(H,29,30);9-10,27-29H,2-8,11-26H2,1H3;2H2,1H3/b2*10-9-;/i;;2D. The minimum atomic E-state index is -0.764. The molecule has 3 N–H and O–H groups in total. The first-order valence-electron chi connectivity index (χ1n) is 27.6. The maximum atomic E-state index is 11.7. The second-order valence-electron chi connectivity index (χ2n) is 17.7. The van der Waals surface area contributed by atoms with Crippen molar-refractivity contribution in [2.75, 3.05) is 66.1 Å². The van der Waals surface area contributed by atoms with Crippen LogP contribution in [0.1, 0.15) is 245 Å². The van der Waals surface area contributed by atoms with E-state index in [2.05, 4.69) is 38.2 Å². The SMILES string of the molecule is CCCCCCCC/C=C\CCCCCCCCOCC(=O)COCCCCCC(=O)O.CCCCCCCC/C=C\CCCCCCCCOCC(O)COCCCCCCO.[2H]PC. The number of aliphatic hydroxyl groups is 2. The number of unbranched alkanes of at least 4 members (excludes halogenated alkanes) is 29. The van der Waals surface area contributed by atoms with Crippen LogP contribution in [0, 0.1) is 0 Å². The lowest BCUT2D eigenvalue weighted by Gasteiger charge is -2.12. The number of carboxylic acid groups (broad SMARTS) is 1. The van der Waals surface area contributed by atoms with Gasteiger partial charge in [0, 0.05) is 39.5 Å². The van der Waals surface area contributed by atoms with E-state index in [0.717, 1.165) is 64.4 Å². The van der Waals surface area contributed by atoms with Crippen LogP contribution in [0.15, 0.2) is 24.3 Å². The average Bonchev–Trinajstić information content (AvgIpc) is 3.30. The first-order valence-corrected chi connectivity index (χ1v) is 28.1. The maximum Gasteiger partial charge on any atom is 0.303 e. The van der Waals surface area contributed by atoms with Gasteiger partial charge in [0.15, 0.2) is 5.78 Å². The van der Waals surface area contributed by atoms with Crippen molar-refractivity contribution in [1.29, 1.82) is 1.28 Å². The molecular formula is C55H109O9P. The molecule has 0 aromatic carbocycles. The van der Waals surface area contributed by atoms with Gasteiger partial charge in [-0.3, -0.25) is 9.59 Å². The fourth-order valence-electron chi connectivity index (χ4n) is 7.13. The lowest BCUT2D eigenvalue weighted by atomic mass is 10.1. The predicted molar refractivity (Wildman–Crippen MR) is 280 cm³/mol. The number of carboxylic acids is 1. The van der Waals surface area contributed by atoms with E-state index >= 15 is 0 Å². The number of aliphatic hydroxyl groups excluding tert-OH is 2. The number of carbonyl (C=O) groups excluding carboxylic acids is 1. The Bertz CT molecular complexity index is 971. The van der Waals surface area contributed by atoms with E-state index in [4.69, 9.17) is 30.4 Å². The summed E-state index contributed by atoms with van der Waals surface area (Å²) in [6, 6.07) is 0. The van der Waals surface area contributed by atoms with Gasteiger partial charge in [0.2, 0.25) is 0 Å². The second kappa shape index (κ2) is 64.9. The molecule has 0 spiro atoms. The number of hydrogen-bond acceptors (Lipinski definition) is 8. The zero-order valence-electron chi connectivity index (χ0n) is 44.0. The highest BCUT2D eigenvalue weighted by atomic mass is 31.0. The summed E-state index contributed by atoms with van der Waals surface area (Å²) in [6.45, 7) is 10.1. The molecule has 2 atom stereocenters. The van der Waals surface area contributed by atoms with Gasteiger partial charge in [0.05, 0.1) is 14.5 Å². The van der Waals surface area contributed by atoms with Crippen molar-refractivity contribution in [3.63, 3.8) is 0 Å². The summed E-state index contributed by atoms with van der Waals surface area (Å²) in [5.41, 5.74) is 0. The quantitative estimate of drug-likeness (QED) is 0.0310. The first kappa shape index (κ1) is 65.9. The van der Waals surface area contributed by atoms with Gasteiger partial charge in [-0.05, 0) is 89.9 Å². The molecule has 0 radical (unpaired) electrons. The minimum Gasteiger partial charge on any atom is -0.481 e. The molecule has 9 nitrogen and oxygen atoms in total. The Morgan fingerprint density at radius 3 is 1.11 bits per heavy atom. The van der Waals surface area contributed by atoms with Crippen LogP contribution in [0.3, 0.4) is 0 Å². The smallest absolute Gasteiger partial charge is 0.303 e. The molecular weight excluding hydrogens is 836 g/mol. The van der Waals surface area contributed by atoms with Gasteiger partial charge in [-0.15, -0.1) is 9.18 Å². The molecule has 0 aromatic heterocycles. The number of carbonyl (C=O) groups is 2. The second-order valence-corrected chi connectivity index (χ2v) is 17.7. The normalized spacial score (nSPS) is 12.2. The van der Waals surface area contributed by atoms with E-state index in [-0.39, 0.29) is 32.0 Å². The largest absolute Gasteiger partial charge is 0.481 e. The van der Waals surface area contributed by atoms with E-state index in [1.165, 1.54) is 161 Å². The highest BCUT2D eigenvalue weighted by Crippen LogP contribution is 2.12. The average molecular weight is 946 g/mol. The predicted octanol–water partition coefficient (Wildman–Crippen LogP) is 14.7. The Balaban J connectivity index is -0.00000113. The van der Waals surface area contributed by atoms with Crippen molar-refractivity contribution in [3.05, 3.63) is 24.3 Å². The van der Waals surface area contributed by atoms with Crippen LogP contribution in [-0.2, 0) is 28.5 Å². The molecule has 0 rings (SSSR count). The van der Waals surface area contributed by atoms with Crippen LogP contribution < -0.4 is 0 Å². The van der Waals surface area contributed by atoms with Crippen LogP contribution >= 0.6 is 9.18 Å². The number of rotatable bonds is 52. The third-order valence-corrected chi connectivity index (χ3v) is 11.1. The molecule has 0 bridgehead atoms. The van der Waals surface area contributed by atoms with Crippen molar-refractivity contribution in [1.82, 2.24) is 0 Å². The number of ether oxygens (including phenoxy) is 4. The molecule has 0 aliphatic heterocycles. The Kier molecular flexibility index (Phi) is 65.8. The summed E-state index contributed by atoms with van der Waals surface area (Å²) >= 11 is 0. The Morgan fingerprint density at radius 1 is 0.477 bits per heavy atom. The van der Waals surface area contributed by atoms with Crippen molar-refractivity contribution < 1.29 is 43.9 Å². The highest BCUT2D eigenvalue weighted by molar-refractivity contribution is 7.15. The fraction of sp³-hybridized carbons (Fsp3) is 0.891. The van der Waals surface area contributed by atoms with Crippen LogP contribution in [0.25, 0.3) is 0 Å². The lowest BCUT2D eigenvalue weighted by Crippen LogP contribution is -2.22. The molecule has 0 amide bonds. The lowest BCUT2D eigenvalue weighted by molar-refractivity contribution is -0.137. The topological polar surface area (TPSA) is 132 Å². The summed E-state index contributed by atoms with van der Waals surface area (Å²) in [5.74, 6) is -0.792. The molecule has 0 fully saturated rings. The Labute approximate surface area is 406 Å². The molecule has 0 aromatic rings. The van der Waals surface area contributed by atoms with Gasteiger partial charge in [0.25, 0.3) is 0 Å². The van der Waals surface area contributed by atoms with Crippen LogP contribution in [0.5, 0.6) is 0 Å². The van der Waals surface area contributed by atoms with Crippen molar-refractivity contribution >= 4 is 20.9 Å². The zero-order valence-corrected chi connectivity index (χ0v) is 44.0. The first-order chi connectivity index (χ1) is 32.4. The van der Waals surface area contributed by atoms with E-state index in [1.807, 2.05) is 6.66 Å². The number of hydrogen-bond donors (Lipinski definition) is 3. The highest BCUT2D eigenvalue weighted by Gasteiger charge is 2.05. The third kappa shape index (κ3) is 69.5. The molecule has 2 unspecified atom stereocenters. The van der Waals surface area contributed by atoms with E-state index in [0.29, 0.717) is 48.6 Å². The van der Waals surface area contributed by atoms with Crippen LogP contribution in [0.4, 0.5) is 0 Å². The van der Waals surface area contributed by atoms with Crippen molar-refractivity contribution in [2.45, 2.75) is 251 Å². The Hall–Kier alpha value is -1.19. The molecule has 0 saturated heterocycles. The van der Waals surface area contributed by atoms with E-state index in [9.17, 15) is 14.7 Å². The monoisotopic (exact) mass is 946 g/mol. The van der Waals surface area contributed by atoms with Crippen molar-refractivity contribution in [3.8, 4) is 0 Å². The molecule has 65 heavy (non-hydrogen) atoms. The van der Waals surface area contributed by atoms with Gasteiger partial charge in [-0.1, -0.05) is 180 Å². The van der Waals surface area contributed by atoms with E-state index in [1.54, 1.807) is 0 Å². The summed E-state index contributed by atoms with van der Waals surface area (Å²) in [5, 5.41) is 27.1. The van der Waals surface area contributed by atoms with Crippen molar-refractivity contribution in [2.24, 2.45) is 0 Å². The summed E-state index contributed by atoms with van der Waals surface area (Å²) in [7, 11) is 0.333.